The van der Waals surface area contributed by atoms with Crippen molar-refractivity contribution in [3.8, 4) is 22.8 Å². The van der Waals surface area contributed by atoms with Crippen LogP contribution < -0.4 is 0 Å². The molecule has 0 radical (unpaired) electrons. The number of H-pyrrole nitrogens is 1. The maximum absolute atomic E-state index is 13.9. The summed E-state index contributed by atoms with van der Waals surface area (Å²) < 4.78 is 19.8. The van der Waals surface area contributed by atoms with Gasteiger partial charge in [0.1, 0.15) is 5.82 Å². The van der Waals surface area contributed by atoms with E-state index in [0.29, 0.717) is 22.6 Å². The molecule has 7 nitrogen and oxygen atoms in total. The highest BCUT2D eigenvalue weighted by molar-refractivity contribution is 9.10. The Balaban J connectivity index is 1.46. The molecule has 4 aromatic rings. The van der Waals surface area contributed by atoms with E-state index < -0.39 is 5.82 Å². The Bertz CT molecular complexity index is 1040. The molecule has 10 heteroatoms. The Morgan fingerprint density at radius 2 is 2.00 bits per heavy atom. The van der Waals surface area contributed by atoms with E-state index in [0.717, 1.165) is 10.0 Å². The molecule has 130 valence electrons. The lowest BCUT2D eigenvalue weighted by Gasteiger charge is -1.97. The van der Waals surface area contributed by atoms with E-state index in [9.17, 15) is 4.39 Å². The Morgan fingerprint density at radius 3 is 2.85 bits per heavy atom. The molecule has 1 N–H and O–H groups in total. The van der Waals surface area contributed by atoms with E-state index in [1.807, 2.05) is 12.1 Å². The number of hydrogen-bond donors (Lipinski definition) is 1. The van der Waals surface area contributed by atoms with Gasteiger partial charge in [-0.05, 0) is 30.3 Å². The predicted octanol–water partition coefficient (Wildman–Crippen LogP) is 4.11. The molecule has 26 heavy (non-hydrogen) atoms. The van der Waals surface area contributed by atoms with Crippen molar-refractivity contribution in [1.29, 1.82) is 0 Å². The average Bonchev–Trinajstić information content (AvgIpc) is 3.32. The third kappa shape index (κ3) is 3.65. The van der Waals surface area contributed by atoms with E-state index in [2.05, 4.69) is 46.2 Å². The minimum atomic E-state index is -0.423. The summed E-state index contributed by atoms with van der Waals surface area (Å²) in [4.78, 5) is 11.3. The standard InChI is InChI=1S/C16H10BrFN6OS/c17-10-1-2-12(18)11(7-10)15-20-13(24-25-15)8-26-16-21-14(22-23-16)9-3-5-19-6-4-9/h1-7H,8H2,(H,21,22,23). The summed E-state index contributed by atoms with van der Waals surface area (Å²) in [6, 6.07) is 8.22. The smallest absolute Gasteiger partial charge is 0.260 e. The second-order valence-electron chi connectivity index (χ2n) is 5.14. The first-order valence-electron chi connectivity index (χ1n) is 7.43. The second kappa shape index (κ2) is 7.34. The monoisotopic (exact) mass is 432 g/mol. The Hall–Kier alpha value is -2.59. The normalized spacial score (nSPS) is 11.0. The molecule has 0 saturated heterocycles. The summed E-state index contributed by atoms with van der Waals surface area (Å²) >= 11 is 4.67. The minimum absolute atomic E-state index is 0.134. The van der Waals surface area contributed by atoms with Gasteiger partial charge in [0.15, 0.2) is 16.8 Å². The van der Waals surface area contributed by atoms with E-state index in [1.54, 1.807) is 24.5 Å². The number of aromatic amines is 1. The molecule has 0 spiro atoms. The van der Waals surface area contributed by atoms with Crippen molar-refractivity contribution in [2.24, 2.45) is 0 Å². The van der Waals surface area contributed by atoms with E-state index in [4.69, 9.17) is 4.52 Å². The van der Waals surface area contributed by atoms with Gasteiger partial charge in [-0.15, -0.1) is 10.2 Å². The first-order chi connectivity index (χ1) is 12.7. The van der Waals surface area contributed by atoms with Crippen LogP contribution >= 0.6 is 27.7 Å². The van der Waals surface area contributed by atoms with Gasteiger partial charge in [-0.2, -0.15) is 4.98 Å². The molecule has 0 saturated carbocycles. The largest absolute Gasteiger partial charge is 0.334 e. The van der Waals surface area contributed by atoms with E-state index in [1.165, 1.54) is 17.8 Å². The quantitative estimate of drug-likeness (QED) is 0.474. The van der Waals surface area contributed by atoms with Crippen molar-refractivity contribution in [1.82, 2.24) is 30.3 Å². The molecule has 1 aromatic carbocycles. The van der Waals surface area contributed by atoms with Crippen LogP contribution in [0, 0.1) is 5.82 Å². The topological polar surface area (TPSA) is 93.4 Å². The lowest BCUT2D eigenvalue weighted by Crippen LogP contribution is -1.87. The van der Waals surface area contributed by atoms with Gasteiger partial charge in [0.05, 0.1) is 11.3 Å². The SMILES string of the molecule is Fc1ccc(Br)cc1-c1nc(CSc2nnc(-c3ccncc3)[nH]2)no1. The summed E-state index contributed by atoms with van der Waals surface area (Å²) in [5, 5.41) is 12.7. The van der Waals surface area contributed by atoms with Crippen LogP contribution in [0.3, 0.4) is 0 Å². The van der Waals surface area contributed by atoms with Gasteiger partial charge >= 0.3 is 0 Å². The highest BCUT2D eigenvalue weighted by atomic mass is 79.9. The van der Waals surface area contributed by atoms with Crippen molar-refractivity contribution < 1.29 is 8.91 Å². The molecule has 0 bridgehead atoms. The summed E-state index contributed by atoms with van der Waals surface area (Å²) in [5.41, 5.74) is 1.15. The molecule has 3 heterocycles. The van der Waals surface area contributed by atoms with Gasteiger partial charge in [-0.25, -0.2) is 4.39 Å². The van der Waals surface area contributed by atoms with Gasteiger partial charge in [-0.3, -0.25) is 4.98 Å². The lowest BCUT2D eigenvalue weighted by atomic mass is 10.2. The maximum atomic E-state index is 13.9. The zero-order valence-electron chi connectivity index (χ0n) is 13.1. The molecule has 0 amide bonds. The Kier molecular flexibility index (Phi) is 4.76. The van der Waals surface area contributed by atoms with Crippen LogP contribution in [0.5, 0.6) is 0 Å². The summed E-state index contributed by atoms with van der Waals surface area (Å²) in [5.74, 6) is 1.21. The number of benzene rings is 1. The van der Waals surface area contributed by atoms with Gasteiger partial charge < -0.3 is 9.51 Å². The fraction of sp³-hybridized carbons (Fsp3) is 0.0625. The summed E-state index contributed by atoms with van der Waals surface area (Å²) in [6.45, 7) is 0. The van der Waals surface area contributed by atoms with E-state index in [-0.39, 0.29) is 11.5 Å². The second-order valence-corrected chi connectivity index (χ2v) is 7.02. The van der Waals surface area contributed by atoms with Crippen molar-refractivity contribution >= 4 is 27.7 Å². The highest BCUT2D eigenvalue weighted by Gasteiger charge is 2.15. The molecule has 4 rings (SSSR count). The number of thioether (sulfide) groups is 1. The number of aromatic nitrogens is 6. The zero-order valence-corrected chi connectivity index (χ0v) is 15.5. The van der Waals surface area contributed by atoms with Gasteiger partial charge in [0, 0.05) is 22.4 Å². The average molecular weight is 433 g/mol. The molecule has 0 aliphatic carbocycles. The van der Waals surface area contributed by atoms with Gasteiger partial charge in [-0.1, -0.05) is 32.8 Å². The van der Waals surface area contributed by atoms with Crippen molar-refractivity contribution in [2.45, 2.75) is 10.9 Å². The molecule has 0 fully saturated rings. The highest BCUT2D eigenvalue weighted by Crippen LogP contribution is 2.26. The van der Waals surface area contributed by atoms with Crippen LogP contribution in [0.4, 0.5) is 4.39 Å². The van der Waals surface area contributed by atoms with Crippen LogP contribution in [0.2, 0.25) is 0 Å². The predicted molar refractivity (Wildman–Crippen MR) is 96.6 cm³/mol. The Labute approximate surface area is 159 Å². The van der Waals surface area contributed by atoms with Crippen LogP contribution in [-0.2, 0) is 5.75 Å². The number of rotatable bonds is 5. The third-order valence-corrected chi connectivity index (χ3v) is 4.74. The number of halogens is 2. The zero-order chi connectivity index (χ0) is 17.9. The molecule has 0 aliphatic rings. The molecular formula is C16H10BrFN6OS. The van der Waals surface area contributed by atoms with Crippen molar-refractivity contribution in [2.75, 3.05) is 0 Å². The first kappa shape index (κ1) is 16.9. The third-order valence-electron chi connectivity index (χ3n) is 3.38. The van der Waals surface area contributed by atoms with Crippen LogP contribution in [0.15, 0.2) is 56.9 Å². The Morgan fingerprint density at radius 1 is 1.15 bits per heavy atom. The molecular weight excluding hydrogens is 423 g/mol. The maximum Gasteiger partial charge on any atom is 0.260 e. The number of hydrogen-bond acceptors (Lipinski definition) is 7. The fourth-order valence-corrected chi connectivity index (χ4v) is 3.18. The minimum Gasteiger partial charge on any atom is -0.334 e. The first-order valence-corrected chi connectivity index (χ1v) is 9.21. The van der Waals surface area contributed by atoms with Crippen molar-refractivity contribution in [3.63, 3.8) is 0 Å². The molecule has 3 aromatic heterocycles. The summed E-state index contributed by atoms with van der Waals surface area (Å²) in [6.07, 6.45) is 3.37. The molecule has 0 unspecified atom stereocenters. The van der Waals surface area contributed by atoms with Gasteiger partial charge in [0.2, 0.25) is 0 Å². The lowest BCUT2D eigenvalue weighted by molar-refractivity contribution is 0.422. The summed E-state index contributed by atoms with van der Waals surface area (Å²) in [7, 11) is 0. The number of pyridine rings is 1. The van der Waals surface area contributed by atoms with Crippen LogP contribution in [-0.4, -0.2) is 30.3 Å². The van der Waals surface area contributed by atoms with Gasteiger partial charge in [0.25, 0.3) is 5.89 Å². The van der Waals surface area contributed by atoms with Crippen LogP contribution in [0.1, 0.15) is 5.82 Å². The van der Waals surface area contributed by atoms with Crippen molar-refractivity contribution in [3.05, 3.63) is 58.8 Å². The molecule has 0 atom stereocenters. The van der Waals surface area contributed by atoms with E-state index >= 15 is 0 Å². The fourth-order valence-electron chi connectivity index (χ4n) is 2.17. The number of nitrogens with zero attached hydrogens (tertiary/aromatic N) is 5. The number of nitrogens with one attached hydrogen (secondary N) is 1. The van der Waals surface area contributed by atoms with Crippen LogP contribution in [0.25, 0.3) is 22.8 Å². The molecule has 0 aliphatic heterocycles.